The minimum atomic E-state index is -4.51. The van der Waals surface area contributed by atoms with E-state index in [1.807, 2.05) is 27.7 Å². The largest absolute Gasteiger partial charge is 0.433 e. The van der Waals surface area contributed by atoms with Gasteiger partial charge in [-0.2, -0.15) is 13.2 Å². The van der Waals surface area contributed by atoms with Gasteiger partial charge in [0.2, 0.25) is 0 Å². The molecule has 0 aliphatic heterocycles. The molecule has 0 fully saturated rings. The Labute approximate surface area is 99.9 Å². The van der Waals surface area contributed by atoms with Crippen LogP contribution in [0.2, 0.25) is 0 Å². The van der Waals surface area contributed by atoms with E-state index in [0.29, 0.717) is 0 Å². The lowest BCUT2D eigenvalue weighted by atomic mass is 10.2. The van der Waals surface area contributed by atoms with Gasteiger partial charge in [-0.15, -0.1) is 0 Å². The lowest BCUT2D eigenvalue weighted by Crippen LogP contribution is -2.12. The molecule has 100 valence electrons. The highest BCUT2D eigenvalue weighted by molar-refractivity contribution is 5.24. The van der Waals surface area contributed by atoms with Gasteiger partial charge in [-0.25, -0.2) is 9.37 Å². The Morgan fingerprint density at radius 1 is 1.00 bits per heavy atom. The first kappa shape index (κ1) is 18.2. The number of pyridine rings is 1. The van der Waals surface area contributed by atoms with Crippen molar-refractivity contribution < 1.29 is 17.6 Å². The van der Waals surface area contributed by atoms with Gasteiger partial charge < -0.3 is 0 Å². The Bertz CT molecular complexity index is 332. The van der Waals surface area contributed by atoms with E-state index in [0.717, 1.165) is 6.07 Å². The quantitative estimate of drug-likeness (QED) is 0.599. The van der Waals surface area contributed by atoms with Gasteiger partial charge in [-0.1, -0.05) is 27.7 Å². The van der Waals surface area contributed by atoms with Crippen molar-refractivity contribution in [1.82, 2.24) is 4.98 Å². The number of hydrogen-bond acceptors (Lipinski definition) is 1. The van der Waals surface area contributed by atoms with Crippen LogP contribution in [0.3, 0.4) is 0 Å². The van der Waals surface area contributed by atoms with Gasteiger partial charge in [0.05, 0.1) is 5.69 Å². The molecule has 0 aliphatic rings. The average molecular weight is 253 g/mol. The first-order valence-electron chi connectivity index (χ1n) is 5.53. The molecule has 0 unspecified atom stereocenters. The molecule has 1 rings (SSSR count). The minimum absolute atomic E-state index is 0.199. The third-order valence-electron chi connectivity index (χ3n) is 1.61. The van der Waals surface area contributed by atoms with Crippen LogP contribution in [-0.2, 0) is 6.18 Å². The van der Waals surface area contributed by atoms with Crippen LogP contribution in [0.4, 0.5) is 17.6 Å². The summed E-state index contributed by atoms with van der Waals surface area (Å²) in [6.07, 6.45) is -4.51. The van der Waals surface area contributed by atoms with Crippen molar-refractivity contribution in [3.63, 3.8) is 0 Å². The zero-order valence-electron chi connectivity index (χ0n) is 11.0. The van der Waals surface area contributed by atoms with E-state index in [1.165, 1.54) is 13.8 Å². The first-order chi connectivity index (χ1) is 7.82. The van der Waals surface area contributed by atoms with Gasteiger partial charge in [0.1, 0.15) is 11.5 Å². The molecule has 5 heteroatoms. The van der Waals surface area contributed by atoms with Crippen LogP contribution >= 0.6 is 0 Å². The molecule has 0 bridgehead atoms. The van der Waals surface area contributed by atoms with Crippen molar-refractivity contribution in [2.24, 2.45) is 0 Å². The molecule has 0 saturated carbocycles. The van der Waals surface area contributed by atoms with Crippen LogP contribution in [0.25, 0.3) is 0 Å². The van der Waals surface area contributed by atoms with Crippen LogP contribution in [0.1, 0.15) is 44.6 Å². The topological polar surface area (TPSA) is 12.9 Å². The first-order valence-corrected chi connectivity index (χ1v) is 5.53. The summed E-state index contributed by atoms with van der Waals surface area (Å²) >= 11 is 0. The maximum atomic E-state index is 12.7. The van der Waals surface area contributed by atoms with Crippen molar-refractivity contribution in [2.45, 2.75) is 47.7 Å². The fourth-order valence-electron chi connectivity index (χ4n) is 0.959. The molecule has 1 aromatic heterocycles. The molecule has 0 aliphatic carbocycles. The van der Waals surface area contributed by atoms with Crippen LogP contribution in [0.5, 0.6) is 0 Å². The second-order valence-corrected chi connectivity index (χ2v) is 2.72. The van der Waals surface area contributed by atoms with E-state index in [4.69, 9.17) is 0 Å². The fraction of sp³-hybridized carbons (Fsp3) is 0.583. The second kappa shape index (κ2) is 8.03. The van der Waals surface area contributed by atoms with Crippen molar-refractivity contribution in [1.29, 1.82) is 0 Å². The molecule has 0 spiro atoms. The molecule has 1 heterocycles. The highest BCUT2D eigenvalue weighted by Gasteiger charge is 2.34. The highest BCUT2D eigenvalue weighted by Crippen LogP contribution is 2.30. The van der Waals surface area contributed by atoms with E-state index < -0.39 is 17.7 Å². The smallest absolute Gasteiger partial charge is 0.245 e. The van der Waals surface area contributed by atoms with E-state index in [9.17, 15) is 17.6 Å². The maximum absolute atomic E-state index is 12.7. The summed E-state index contributed by atoms with van der Waals surface area (Å²) in [6, 6.07) is 0.838. The molecule has 0 amide bonds. The Balaban J connectivity index is 0. The standard InChI is InChI=1S/C8H7F4N.2C2H6/c1-4-3-6(9)5(2)13-7(4)8(10,11)12;2*1-2/h3H,1-2H3;2*1-2H3. The summed E-state index contributed by atoms with van der Waals surface area (Å²) in [5.74, 6) is -0.717. The Kier molecular flexibility index (Phi) is 8.62. The van der Waals surface area contributed by atoms with Gasteiger partial charge >= 0.3 is 6.18 Å². The molecular formula is C12H19F4N. The number of aryl methyl sites for hydroxylation is 2. The molecule has 0 N–H and O–H groups in total. The van der Waals surface area contributed by atoms with E-state index in [1.54, 1.807) is 0 Å². The Morgan fingerprint density at radius 3 is 1.76 bits per heavy atom. The van der Waals surface area contributed by atoms with Gasteiger partial charge in [0.25, 0.3) is 0 Å². The minimum Gasteiger partial charge on any atom is -0.245 e. The molecule has 0 saturated heterocycles. The number of rotatable bonds is 0. The van der Waals surface area contributed by atoms with Crippen molar-refractivity contribution in [2.75, 3.05) is 0 Å². The van der Waals surface area contributed by atoms with E-state index >= 15 is 0 Å². The third-order valence-corrected chi connectivity index (χ3v) is 1.61. The molecule has 0 radical (unpaired) electrons. The van der Waals surface area contributed by atoms with Crippen LogP contribution < -0.4 is 0 Å². The zero-order valence-corrected chi connectivity index (χ0v) is 11.0. The van der Waals surface area contributed by atoms with Crippen molar-refractivity contribution >= 4 is 0 Å². The second-order valence-electron chi connectivity index (χ2n) is 2.72. The van der Waals surface area contributed by atoms with Gasteiger partial charge in [0.15, 0.2) is 0 Å². The lowest BCUT2D eigenvalue weighted by Gasteiger charge is -2.09. The van der Waals surface area contributed by atoms with Gasteiger partial charge in [-0.05, 0) is 25.5 Å². The monoisotopic (exact) mass is 253 g/mol. The molecule has 0 atom stereocenters. The number of alkyl halides is 3. The van der Waals surface area contributed by atoms with E-state index in [-0.39, 0.29) is 11.3 Å². The fourth-order valence-corrected chi connectivity index (χ4v) is 0.959. The number of hydrogen-bond donors (Lipinski definition) is 0. The average Bonchev–Trinajstić information content (AvgIpc) is 2.27. The molecule has 1 nitrogen and oxygen atoms in total. The summed E-state index contributed by atoms with van der Waals surface area (Å²) in [6.45, 7) is 10.4. The number of halogens is 4. The molecule has 1 aromatic rings. The van der Waals surface area contributed by atoms with Crippen molar-refractivity contribution in [3.8, 4) is 0 Å². The SMILES string of the molecule is CC.CC.Cc1cc(F)c(C)nc1C(F)(F)F. The maximum Gasteiger partial charge on any atom is 0.433 e. The van der Waals surface area contributed by atoms with Crippen LogP contribution in [0, 0.1) is 19.7 Å². The van der Waals surface area contributed by atoms with Crippen molar-refractivity contribution in [3.05, 3.63) is 28.8 Å². The highest BCUT2D eigenvalue weighted by atomic mass is 19.4. The Morgan fingerprint density at radius 2 is 1.41 bits per heavy atom. The third kappa shape index (κ3) is 5.65. The predicted molar refractivity (Wildman–Crippen MR) is 61.4 cm³/mol. The van der Waals surface area contributed by atoms with E-state index in [2.05, 4.69) is 4.98 Å². The van der Waals surface area contributed by atoms with Gasteiger partial charge in [-0.3, -0.25) is 0 Å². The predicted octanol–water partition coefficient (Wildman–Crippen LogP) is 4.91. The molecule has 17 heavy (non-hydrogen) atoms. The Hall–Kier alpha value is -1.13. The normalized spacial score (nSPS) is 9.76. The van der Waals surface area contributed by atoms with Crippen LogP contribution in [-0.4, -0.2) is 4.98 Å². The van der Waals surface area contributed by atoms with Crippen LogP contribution in [0.15, 0.2) is 6.07 Å². The number of nitrogens with zero attached hydrogens (tertiary/aromatic N) is 1. The summed E-state index contributed by atoms with van der Waals surface area (Å²) in [5.41, 5.74) is -1.46. The number of aromatic nitrogens is 1. The molecule has 0 aromatic carbocycles. The molecular weight excluding hydrogens is 234 g/mol. The van der Waals surface area contributed by atoms with Gasteiger partial charge in [0, 0.05) is 0 Å². The summed E-state index contributed by atoms with van der Waals surface area (Å²) in [7, 11) is 0. The summed E-state index contributed by atoms with van der Waals surface area (Å²) in [4.78, 5) is 3.14. The zero-order chi connectivity index (χ0) is 14.2. The summed E-state index contributed by atoms with van der Waals surface area (Å²) < 4.78 is 49.2. The lowest BCUT2D eigenvalue weighted by molar-refractivity contribution is -0.141. The summed E-state index contributed by atoms with van der Waals surface area (Å²) in [5, 5.41) is 0.